The molecule has 34 heavy (non-hydrogen) atoms. The number of nitrogens with one attached hydrogen (secondary N) is 1. The minimum Gasteiger partial charge on any atom is -0.242 e. The third-order valence-corrected chi connectivity index (χ3v) is 8.57. The van der Waals surface area contributed by atoms with E-state index < -0.39 is 25.8 Å². The molecule has 0 spiro atoms. The van der Waals surface area contributed by atoms with Crippen LogP contribution in [0.25, 0.3) is 0 Å². The molecule has 0 bridgehead atoms. The van der Waals surface area contributed by atoms with Crippen LogP contribution < -0.4 is 4.72 Å². The second kappa shape index (κ2) is 13.1. The summed E-state index contributed by atoms with van der Waals surface area (Å²) in [7, 11) is -5.15. The average molecular weight is 503 g/mol. The van der Waals surface area contributed by atoms with Gasteiger partial charge in [-0.2, -0.15) is 0 Å². The van der Waals surface area contributed by atoms with Gasteiger partial charge < -0.3 is 0 Å². The lowest BCUT2D eigenvalue weighted by molar-refractivity contribution is 0.507. The van der Waals surface area contributed by atoms with E-state index in [0.717, 1.165) is 36.8 Å². The highest BCUT2D eigenvalue weighted by Gasteiger charge is 2.24. The first kappa shape index (κ1) is 28.1. The summed E-state index contributed by atoms with van der Waals surface area (Å²) in [4.78, 5) is 0.203. The van der Waals surface area contributed by atoms with E-state index in [4.69, 9.17) is 0 Å². The molecule has 2 rings (SSSR count). The molecule has 1 unspecified atom stereocenters. The minimum atomic E-state index is -3.84. The van der Waals surface area contributed by atoms with Crippen LogP contribution in [0.1, 0.15) is 70.9 Å². The Kier molecular flexibility index (Phi) is 10.8. The normalized spacial score (nSPS) is 13.6. The third-order valence-electron chi connectivity index (χ3n) is 5.29. The van der Waals surface area contributed by atoms with Crippen molar-refractivity contribution >= 4 is 21.0 Å². The Morgan fingerprint density at radius 2 is 1.65 bits per heavy atom. The molecule has 0 aliphatic heterocycles. The van der Waals surface area contributed by atoms with Gasteiger partial charge in [-0.25, -0.2) is 21.7 Å². The fourth-order valence-electron chi connectivity index (χ4n) is 3.16. The second-order valence-electron chi connectivity index (χ2n) is 9.47. The zero-order valence-corrected chi connectivity index (χ0v) is 22.6. The highest BCUT2D eigenvalue weighted by Crippen LogP contribution is 2.19. The number of benzene rings is 2. The van der Waals surface area contributed by atoms with Crippen LogP contribution in [-0.4, -0.2) is 27.7 Å². The largest absolute Gasteiger partial charge is 0.271 e. The molecule has 0 aromatic heterocycles. The van der Waals surface area contributed by atoms with Gasteiger partial charge in [-0.1, -0.05) is 86.6 Å². The summed E-state index contributed by atoms with van der Waals surface area (Å²) < 4.78 is 43.6. The molecule has 0 saturated carbocycles. The highest BCUT2D eigenvalue weighted by molar-refractivity contribution is 7.89. The number of nitrogens with zero attached hydrogens (tertiary/aromatic N) is 1. The number of hydrogen-bond acceptors (Lipinski definition) is 3. The summed E-state index contributed by atoms with van der Waals surface area (Å²) in [6.07, 6.45) is 4.96. The van der Waals surface area contributed by atoms with E-state index in [0.29, 0.717) is 6.42 Å². The van der Waals surface area contributed by atoms with Crippen molar-refractivity contribution < 1.29 is 12.6 Å². The number of unbranched alkanes of at least 4 members (excludes halogenated alkanes) is 3. The van der Waals surface area contributed by atoms with Crippen LogP contribution in [0, 0.1) is 18.9 Å². The molecule has 0 aliphatic rings. The van der Waals surface area contributed by atoms with Crippen molar-refractivity contribution in [3.05, 3.63) is 65.7 Å². The predicted octanol–water partition coefficient (Wildman–Crippen LogP) is 5.54. The molecule has 5 nitrogen and oxygen atoms in total. The van der Waals surface area contributed by atoms with Gasteiger partial charge in [0.1, 0.15) is 0 Å². The lowest BCUT2D eigenvalue weighted by Crippen LogP contribution is -2.39. The predicted molar refractivity (Wildman–Crippen MR) is 142 cm³/mol. The zero-order chi connectivity index (χ0) is 25.2. The van der Waals surface area contributed by atoms with Crippen LogP contribution in [0.3, 0.4) is 0 Å². The van der Waals surface area contributed by atoms with Gasteiger partial charge in [0.2, 0.25) is 0 Å². The molecular formula is C27H38N2O3S2. The smallest absolute Gasteiger partial charge is 0.242 e. The molecular weight excluding hydrogens is 464 g/mol. The topological polar surface area (TPSA) is 66.5 Å². The van der Waals surface area contributed by atoms with Crippen molar-refractivity contribution in [1.29, 1.82) is 0 Å². The molecule has 0 fully saturated rings. The van der Waals surface area contributed by atoms with Crippen molar-refractivity contribution in [1.82, 2.24) is 9.03 Å². The number of sulfonamides is 1. The number of hydrogen-bond donors (Lipinski definition) is 1. The Hall–Kier alpha value is -2.14. The highest BCUT2D eigenvalue weighted by atomic mass is 32.2. The number of aryl methyl sites for hydroxylation is 1. The van der Waals surface area contributed by atoms with E-state index in [9.17, 15) is 12.6 Å². The van der Waals surface area contributed by atoms with Crippen molar-refractivity contribution in [3.63, 3.8) is 0 Å². The van der Waals surface area contributed by atoms with Crippen molar-refractivity contribution in [2.45, 2.75) is 89.0 Å². The Morgan fingerprint density at radius 1 is 1.00 bits per heavy atom. The van der Waals surface area contributed by atoms with Crippen LogP contribution in [0.2, 0.25) is 0 Å². The fourth-order valence-corrected chi connectivity index (χ4v) is 5.18. The summed E-state index contributed by atoms with van der Waals surface area (Å²) in [5, 5.41) is 0. The monoisotopic (exact) mass is 502 g/mol. The van der Waals surface area contributed by atoms with Gasteiger partial charge in [0, 0.05) is 6.04 Å². The summed E-state index contributed by atoms with van der Waals surface area (Å²) in [6.45, 7) is 9.92. The molecule has 2 atom stereocenters. The van der Waals surface area contributed by atoms with Gasteiger partial charge in [-0.3, -0.25) is 0 Å². The van der Waals surface area contributed by atoms with E-state index in [1.165, 1.54) is 4.31 Å². The van der Waals surface area contributed by atoms with Crippen molar-refractivity contribution in [2.75, 3.05) is 0 Å². The van der Waals surface area contributed by atoms with Crippen LogP contribution in [0.4, 0.5) is 0 Å². The lowest BCUT2D eigenvalue weighted by atomic mass is 10.1. The third kappa shape index (κ3) is 8.90. The van der Waals surface area contributed by atoms with E-state index in [-0.39, 0.29) is 17.5 Å². The van der Waals surface area contributed by atoms with Crippen molar-refractivity contribution in [2.24, 2.45) is 0 Å². The Balaban J connectivity index is 2.38. The maximum Gasteiger partial charge on any atom is 0.271 e. The Morgan fingerprint density at radius 3 is 2.24 bits per heavy atom. The molecule has 0 saturated heterocycles. The summed E-state index contributed by atoms with van der Waals surface area (Å²) >= 11 is 0. The van der Waals surface area contributed by atoms with Crippen LogP contribution in [0.5, 0.6) is 0 Å². The molecule has 0 radical (unpaired) electrons. The molecule has 0 aliphatic carbocycles. The lowest BCUT2D eigenvalue weighted by Gasteiger charge is -2.22. The first-order chi connectivity index (χ1) is 16.0. The minimum absolute atomic E-state index is 0.134. The van der Waals surface area contributed by atoms with Gasteiger partial charge in [0.05, 0.1) is 33.2 Å². The Labute approximate surface area is 209 Å². The SMILES string of the molecule is CCCCCC[C@@H](C#CN(Cc1ccccc1)S(=O)(=O)c1ccc(C)cc1)NS(=O)C(C)(C)C. The van der Waals surface area contributed by atoms with Crippen LogP contribution in [-0.2, 0) is 27.6 Å². The molecule has 0 heterocycles. The van der Waals surface area contributed by atoms with E-state index in [1.807, 2.05) is 58.0 Å². The summed E-state index contributed by atoms with van der Waals surface area (Å²) in [5.41, 5.74) is 1.83. The van der Waals surface area contributed by atoms with Crippen molar-refractivity contribution in [3.8, 4) is 12.0 Å². The summed E-state index contributed by atoms with van der Waals surface area (Å²) in [5.74, 6) is 3.10. The maximum atomic E-state index is 13.5. The fraction of sp³-hybridized carbons (Fsp3) is 0.481. The van der Waals surface area contributed by atoms with E-state index in [1.54, 1.807) is 24.3 Å². The van der Waals surface area contributed by atoms with Gasteiger partial charge in [0.25, 0.3) is 10.0 Å². The van der Waals surface area contributed by atoms with Gasteiger partial charge >= 0.3 is 0 Å². The standard InChI is InChI=1S/C27H38N2O3S2/c1-6-7-8-12-15-25(28-33(30)27(3,4)5)20-21-29(22-24-13-10-9-11-14-24)34(31,32)26-18-16-23(2)17-19-26/h9-11,13-14,16-19,25,28H,6-8,12,15,22H2,1-5H3/t25-,33?/m0/s1. The van der Waals surface area contributed by atoms with Gasteiger partial charge in [-0.05, 0) is 51.8 Å². The number of rotatable bonds is 11. The quantitative estimate of drug-likeness (QED) is 0.249. The molecule has 2 aromatic carbocycles. The molecule has 7 heteroatoms. The molecule has 0 amide bonds. The Bertz CT molecular complexity index is 1080. The molecule has 186 valence electrons. The first-order valence-electron chi connectivity index (χ1n) is 11.9. The van der Waals surface area contributed by atoms with E-state index in [2.05, 4.69) is 23.6 Å². The maximum absolute atomic E-state index is 13.5. The summed E-state index contributed by atoms with van der Waals surface area (Å²) in [6, 6.07) is 18.8. The zero-order valence-electron chi connectivity index (χ0n) is 21.0. The van der Waals surface area contributed by atoms with Gasteiger partial charge in [-0.15, -0.1) is 0 Å². The first-order valence-corrected chi connectivity index (χ1v) is 14.5. The second-order valence-corrected chi connectivity index (χ2v) is 13.3. The average Bonchev–Trinajstić information content (AvgIpc) is 2.79. The van der Waals surface area contributed by atoms with Crippen LogP contribution in [0.15, 0.2) is 59.5 Å². The van der Waals surface area contributed by atoms with Gasteiger partial charge in [0.15, 0.2) is 0 Å². The molecule has 1 N–H and O–H groups in total. The van der Waals surface area contributed by atoms with Crippen LogP contribution >= 0.6 is 0 Å². The molecule has 2 aromatic rings. The van der Waals surface area contributed by atoms with E-state index >= 15 is 0 Å².